The molecule has 0 bridgehead atoms. The van der Waals surface area contributed by atoms with E-state index >= 15 is 0 Å². The number of ether oxygens (including phenoxy) is 1. The minimum Gasteiger partial charge on any atom is -0.380 e. The number of para-hydroxylation sites is 1. The number of nitrogens with zero attached hydrogens (tertiary/aromatic N) is 2. The summed E-state index contributed by atoms with van der Waals surface area (Å²) >= 11 is 0. The number of hydrogen-bond acceptors (Lipinski definition) is 3. The molecule has 1 aromatic carbocycles. The van der Waals surface area contributed by atoms with Crippen molar-refractivity contribution < 1.29 is 4.74 Å². The van der Waals surface area contributed by atoms with Gasteiger partial charge in [-0.1, -0.05) is 18.2 Å². The lowest BCUT2D eigenvalue weighted by atomic mass is 10.1. The summed E-state index contributed by atoms with van der Waals surface area (Å²) in [5.74, 6) is 1.52. The number of nitrogens with one attached hydrogen (secondary N) is 2. The molecule has 2 rings (SSSR count). The largest absolute Gasteiger partial charge is 0.380 e. The zero-order valence-electron chi connectivity index (χ0n) is 13.7. The lowest BCUT2D eigenvalue weighted by Crippen LogP contribution is -2.41. The van der Waals surface area contributed by atoms with E-state index in [2.05, 4.69) is 50.9 Å². The highest BCUT2D eigenvalue weighted by molar-refractivity contribution is 5.79. The van der Waals surface area contributed by atoms with Crippen LogP contribution in [0.4, 0.5) is 5.69 Å². The fourth-order valence-electron chi connectivity index (χ4n) is 2.72. The quantitative estimate of drug-likeness (QED) is 0.457. The van der Waals surface area contributed by atoms with Crippen molar-refractivity contribution in [1.82, 2.24) is 10.6 Å². The van der Waals surface area contributed by atoms with Crippen LogP contribution in [0.15, 0.2) is 35.3 Å². The molecular formula is C17H28N4O. The minimum absolute atomic E-state index is 0.658. The van der Waals surface area contributed by atoms with Crippen molar-refractivity contribution >= 4 is 11.6 Å². The van der Waals surface area contributed by atoms with Crippen molar-refractivity contribution in [2.75, 3.05) is 51.3 Å². The Morgan fingerprint density at radius 2 is 2.14 bits per heavy atom. The third-order valence-electron chi connectivity index (χ3n) is 3.93. The van der Waals surface area contributed by atoms with Crippen molar-refractivity contribution in [1.29, 1.82) is 0 Å². The van der Waals surface area contributed by atoms with Gasteiger partial charge in [-0.3, -0.25) is 4.99 Å². The second-order valence-electron chi connectivity index (χ2n) is 5.51. The number of rotatable bonds is 7. The Labute approximate surface area is 133 Å². The van der Waals surface area contributed by atoms with Crippen molar-refractivity contribution in [3.05, 3.63) is 30.3 Å². The highest BCUT2D eigenvalue weighted by atomic mass is 16.5. The number of guanidine groups is 1. The summed E-state index contributed by atoms with van der Waals surface area (Å²) in [4.78, 5) is 6.71. The van der Waals surface area contributed by atoms with E-state index in [1.807, 2.05) is 6.92 Å². The molecule has 1 aliphatic rings. The Hall–Kier alpha value is -1.75. The Balaban J connectivity index is 1.69. The number of anilines is 1. The molecule has 1 unspecified atom stereocenters. The molecule has 0 spiro atoms. The summed E-state index contributed by atoms with van der Waals surface area (Å²) in [6, 6.07) is 10.6. The minimum atomic E-state index is 0.658. The summed E-state index contributed by atoms with van der Waals surface area (Å²) in [6.07, 6.45) is 1.22. The lowest BCUT2D eigenvalue weighted by molar-refractivity contribution is 0.152. The molecular weight excluding hydrogens is 276 g/mol. The van der Waals surface area contributed by atoms with Gasteiger partial charge in [-0.25, -0.2) is 0 Å². The molecule has 2 N–H and O–H groups in total. The highest BCUT2D eigenvalue weighted by Gasteiger charge is 2.22. The van der Waals surface area contributed by atoms with Gasteiger partial charge in [0.05, 0.1) is 6.61 Å². The summed E-state index contributed by atoms with van der Waals surface area (Å²) in [5, 5.41) is 6.69. The first-order valence-electron chi connectivity index (χ1n) is 8.15. The molecule has 0 aromatic heterocycles. The van der Waals surface area contributed by atoms with Gasteiger partial charge < -0.3 is 20.3 Å². The molecule has 1 heterocycles. The Kier molecular flexibility index (Phi) is 7.03. The summed E-state index contributed by atoms with van der Waals surface area (Å²) < 4.78 is 5.32. The first kappa shape index (κ1) is 16.6. The van der Waals surface area contributed by atoms with E-state index < -0.39 is 0 Å². The average Bonchev–Trinajstić information content (AvgIpc) is 3.04. The number of benzene rings is 1. The SMILES string of the molecule is CCOCCNC(=NC)NCC1CCN(c2ccccc2)C1. The van der Waals surface area contributed by atoms with E-state index in [0.717, 1.165) is 38.7 Å². The molecule has 1 aromatic rings. The molecule has 0 amide bonds. The first-order valence-corrected chi connectivity index (χ1v) is 8.15. The fraction of sp³-hybridized carbons (Fsp3) is 0.588. The lowest BCUT2D eigenvalue weighted by Gasteiger charge is -2.19. The molecule has 122 valence electrons. The summed E-state index contributed by atoms with van der Waals surface area (Å²) in [5.41, 5.74) is 1.32. The van der Waals surface area contributed by atoms with E-state index in [1.165, 1.54) is 12.1 Å². The van der Waals surface area contributed by atoms with Gasteiger partial charge in [0.1, 0.15) is 0 Å². The predicted octanol–water partition coefficient (Wildman–Crippen LogP) is 1.71. The molecule has 1 fully saturated rings. The number of hydrogen-bond donors (Lipinski definition) is 2. The molecule has 0 saturated carbocycles. The summed E-state index contributed by atoms with van der Waals surface area (Å²) in [7, 11) is 1.81. The molecule has 1 atom stereocenters. The van der Waals surface area contributed by atoms with Gasteiger partial charge in [0.15, 0.2) is 5.96 Å². The molecule has 5 heteroatoms. The zero-order valence-corrected chi connectivity index (χ0v) is 13.7. The molecule has 5 nitrogen and oxygen atoms in total. The van der Waals surface area contributed by atoms with Gasteiger partial charge in [0.25, 0.3) is 0 Å². The van der Waals surface area contributed by atoms with Crippen LogP contribution in [0.5, 0.6) is 0 Å². The van der Waals surface area contributed by atoms with Crippen molar-refractivity contribution in [3.63, 3.8) is 0 Å². The van der Waals surface area contributed by atoms with Crippen molar-refractivity contribution in [2.45, 2.75) is 13.3 Å². The van der Waals surface area contributed by atoms with Crippen molar-refractivity contribution in [2.24, 2.45) is 10.9 Å². The normalized spacial score (nSPS) is 18.5. The van der Waals surface area contributed by atoms with Crippen LogP contribution >= 0.6 is 0 Å². The molecule has 1 saturated heterocycles. The zero-order chi connectivity index (χ0) is 15.6. The molecule has 1 aliphatic heterocycles. The fourth-order valence-corrected chi connectivity index (χ4v) is 2.72. The second kappa shape index (κ2) is 9.30. The van der Waals surface area contributed by atoms with E-state index in [1.54, 1.807) is 7.05 Å². The van der Waals surface area contributed by atoms with Gasteiger partial charge >= 0.3 is 0 Å². The maximum absolute atomic E-state index is 5.32. The van der Waals surface area contributed by atoms with Gasteiger partial charge in [0.2, 0.25) is 0 Å². The van der Waals surface area contributed by atoms with E-state index in [-0.39, 0.29) is 0 Å². The van der Waals surface area contributed by atoms with E-state index in [9.17, 15) is 0 Å². The predicted molar refractivity (Wildman–Crippen MR) is 92.6 cm³/mol. The highest BCUT2D eigenvalue weighted by Crippen LogP contribution is 2.22. The Morgan fingerprint density at radius 1 is 1.32 bits per heavy atom. The van der Waals surface area contributed by atoms with Gasteiger partial charge in [-0.15, -0.1) is 0 Å². The van der Waals surface area contributed by atoms with Crippen molar-refractivity contribution in [3.8, 4) is 0 Å². The number of aliphatic imine (C=N–C) groups is 1. The second-order valence-corrected chi connectivity index (χ2v) is 5.51. The first-order chi connectivity index (χ1) is 10.8. The molecule has 0 radical (unpaired) electrons. The van der Waals surface area contributed by atoms with E-state index in [0.29, 0.717) is 12.5 Å². The van der Waals surface area contributed by atoms with Gasteiger partial charge in [-0.05, 0) is 31.4 Å². The van der Waals surface area contributed by atoms with Gasteiger partial charge in [0, 0.05) is 45.5 Å². The van der Waals surface area contributed by atoms with Crippen LogP contribution in [0.1, 0.15) is 13.3 Å². The Morgan fingerprint density at radius 3 is 2.86 bits per heavy atom. The smallest absolute Gasteiger partial charge is 0.191 e. The third kappa shape index (κ3) is 5.22. The maximum atomic E-state index is 5.32. The van der Waals surface area contributed by atoms with Crippen LogP contribution in [-0.2, 0) is 4.74 Å². The van der Waals surface area contributed by atoms with Crippen LogP contribution in [-0.4, -0.2) is 52.4 Å². The standard InChI is InChI=1S/C17H28N4O/c1-3-22-12-10-19-17(18-2)20-13-15-9-11-21(14-15)16-7-5-4-6-8-16/h4-8,15H,3,9-14H2,1-2H3,(H2,18,19,20). The van der Waals surface area contributed by atoms with Crippen LogP contribution < -0.4 is 15.5 Å². The third-order valence-corrected chi connectivity index (χ3v) is 3.93. The maximum Gasteiger partial charge on any atom is 0.191 e. The monoisotopic (exact) mass is 304 g/mol. The van der Waals surface area contributed by atoms with Gasteiger partial charge in [-0.2, -0.15) is 0 Å². The van der Waals surface area contributed by atoms with Crippen LogP contribution in [0, 0.1) is 5.92 Å². The molecule has 0 aliphatic carbocycles. The average molecular weight is 304 g/mol. The topological polar surface area (TPSA) is 48.9 Å². The summed E-state index contributed by atoms with van der Waals surface area (Å²) in [6.45, 7) is 7.45. The van der Waals surface area contributed by atoms with E-state index in [4.69, 9.17) is 4.74 Å². The van der Waals surface area contributed by atoms with Crippen LogP contribution in [0.3, 0.4) is 0 Å². The van der Waals surface area contributed by atoms with Crippen LogP contribution in [0.2, 0.25) is 0 Å². The molecule has 22 heavy (non-hydrogen) atoms. The Bertz CT molecular complexity index is 449. The van der Waals surface area contributed by atoms with Crippen LogP contribution in [0.25, 0.3) is 0 Å².